The largest absolute Gasteiger partial charge is 0.357 e. The van der Waals surface area contributed by atoms with Crippen LogP contribution in [0.3, 0.4) is 0 Å². The Labute approximate surface area is 168 Å². The van der Waals surface area contributed by atoms with Crippen molar-refractivity contribution < 1.29 is 0 Å². The van der Waals surface area contributed by atoms with Gasteiger partial charge in [-0.05, 0) is 44.4 Å². The van der Waals surface area contributed by atoms with E-state index in [4.69, 9.17) is 9.98 Å². The van der Waals surface area contributed by atoms with E-state index in [1.165, 1.54) is 88.4 Å². The van der Waals surface area contributed by atoms with Gasteiger partial charge >= 0.3 is 0 Å². The normalized spacial score (nSPS) is 22.8. The molecule has 1 saturated carbocycles. The number of hydrogen-bond acceptors (Lipinski definition) is 4. The molecule has 1 spiro atoms. The van der Waals surface area contributed by atoms with Gasteiger partial charge in [-0.1, -0.05) is 19.3 Å². The number of aliphatic imine (C=N–C) groups is 1. The summed E-state index contributed by atoms with van der Waals surface area (Å²) in [6, 6.07) is 0. The molecule has 1 aromatic heterocycles. The van der Waals surface area contributed by atoms with Crippen molar-refractivity contribution in [2.45, 2.75) is 64.7 Å². The molecule has 3 fully saturated rings. The number of nitrogens with one attached hydrogen (secondary N) is 1. The van der Waals surface area contributed by atoms with E-state index in [1.807, 2.05) is 0 Å². The van der Waals surface area contributed by atoms with Gasteiger partial charge in [0.2, 0.25) is 0 Å². The Morgan fingerprint density at radius 3 is 2.74 bits per heavy atom. The van der Waals surface area contributed by atoms with Crippen LogP contribution in [0.5, 0.6) is 0 Å². The molecule has 3 heterocycles. The lowest BCUT2D eigenvalue weighted by atomic mass is 9.73. The predicted molar refractivity (Wildman–Crippen MR) is 115 cm³/mol. The Kier molecular flexibility index (Phi) is 6.21. The number of hydrogen-bond donors (Lipinski definition) is 1. The van der Waals surface area contributed by atoms with Gasteiger partial charge in [0.15, 0.2) is 11.1 Å². The number of guanidine groups is 1. The number of likely N-dealkylation sites (tertiary alicyclic amines) is 1. The summed E-state index contributed by atoms with van der Waals surface area (Å²) in [5.41, 5.74) is 1.78. The molecule has 1 aromatic rings. The van der Waals surface area contributed by atoms with Crippen LogP contribution >= 0.6 is 11.3 Å². The van der Waals surface area contributed by atoms with Crippen molar-refractivity contribution in [3.63, 3.8) is 0 Å². The predicted octanol–water partition coefficient (Wildman–Crippen LogP) is 3.91. The lowest BCUT2D eigenvalue weighted by molar-refractivity contribution is 0.203. The van der Waals surface area contributed by atoms with E-state index >= 15 is 0 Å². The molecule has 0 unspecified atom stereocenters. The first-order chi connectivity index (χ1) is 13.3. The fourth-order valence-electron chi connectivity index (χ4n) is 4.99. The van der Waals surface area contributed by atoms with Gasteiger partial charge in [-0.3, -0.25) is 4.99 Å². The Morgan fingerprint density at radius 2 is 1.96 bits per heavy atom. The molecule has 3 aliphatic rings. The van der Waals surface area contributed by atoms with E-state index in [9.17, 15) is 0 Å². The molecule has 27 heavy (non-hydrogen) atoms. The van der Waals surface area contributed by atoms with Crippen LogP contribution in [0, 0.1) is 5.41 Å². The van der Waals surface area contributed by atoms with Gasteiger partial charge in [0.05, 0.1) is 5.69 Å². The minimum Gasteiger partial charge on any atom is -0.357 e. The summed E-state index contributed by atoms with van der Waals surface area (Å²) in [4.78, 5) is 14.7. The van der Waals surface area contributed by atoms with Gasteiger partial charge in [-0.15, -0.1) is 11.3 Å². The SMILES string of the molecule is CCNC(=NCCc1csc(N2CCCC2)n1)N1CCC2(CCCCC2)C1. The fraction of sp³-hybridized carbons (Fsp3) is 0.810. The summed E-state index contributed by atoms with van der Waals surface area (Å²) >= 11 is 1.80. The Hall–Kier alpha value is -1.30. The number of anilines is 1. The molecule has 0 amide bonds. The van der Waals surface area contributed by atoms with Crippen molar-refractivity contribution in [2.24, 2.45) is 10.4 Å². The highest BCUT2D eigenvalue weighted by Gasteiger charge is 2.39. The molecule has 150 valence electrons. The number of thiazole rings is 1. The zero-order valence-electron chi connectivity index (χ0n) is 16.9. The highest BCUT2D eigenvalue weighted by molar-refractivity contribution is 7.13. The summed E-state index contributed by atoms with van der Waals surface area (Å²) in [5, 5.41) is 6.96. The van der Waals surface area contributed by atoms with Crippen LogP contribution in [0.4, 0.5) is 5.13 Å². The molecule has 0 radical (unpaired) electrons. The first-order valence-corrected chi connectivity index (χ1v) is 11.9. The average Bonchev–Trinajstić information content (AvgIpc) is 3.43. The second-order valence-corrected chi connectivity index (χ2v) is 9.37. The summed E-state index contributed by atoms with van der Waals surface area (Å²) in [6.45, 7) is 8.66. The van der Waals surface area contributed by atoms with Crippen molar-refractivity contribution in [1.82, 2.24) is 15.2 Å². The van der Waals surface area contributed by atoms with Crippen LogP contribution in [0.1, 0.15) is 64.0 Å². The maximum atomic E-state index is 4.96. The topological polar surface area (TPSA) is 43.8 Å². The lowest BCUT2D eigenvalue weighted by Crippen LogP contribution is -2.41. The summed E-state index contributed by atoms with van der Waals surface area (Å²) in [7, 11) is 0. The molecular weight excluding hydrogens is 354 g/mol. The van der Waals surface area contributed by atoms with Crippen LogP contribution < -0.4 is 10.2 Å². The third-order valence-corrected chi connectivity index (χ3v) is 7.48. The smallest absolute Gasteiger partial charge is 0.193 e. The van der Waals surface area contributed by atoms with Crippen LogP contribution in [0.25, 0.3) is 0 Å². The maximum absolute atomic E-state index is 4.96. The zero-order chi connectivity index (χ0) is 18.5. The molecule has 2 aliphatic heterocycles. The molecule has 0 aromatic carbocycles. The van der Waals surface area contributed by atoms with Gasteiger partial charge in [0.25, 0.3) is 0 Å². The van der Waals surface area contributed by atoms with Gasteiger partial charge in [0.1, 0.15) is 0 Å². The molecule has 2 saturated heterocycles. The van der Waals surface area contributed by atoms with Crippen LogP contribution in [-0.2, 0) is 6.42 Å². The first-order valence-electron chi connectivity index (χ1n) is 11.0. The summed E-state index contributed by atoms with van der Waals surface area (Å²) in [5.74, 6) is 1.12. The highest BCUT2D eigenvalue weighted by Crippen LogP contribution is 2.43. The molecule has 1 N–H and O–H groups in total. The molecule has 0 atom stereocenters. The minimum absolute atomic E-state index is 0.577. The number of nitrogens with zero attached hydrogens (tertiary/aromatic N) is 4. The summed E-state index contributed by atoms with van der Waals surface area (Å²) < 4.78 is 0. The molecule has 0 bridgehead atoms. The van der Waals surface area contributed by atoms with E-state index in [0.29, 0.717) is 5.41 Å². The zero-order valence-corrected chi connectivity index (χ0v) is 17.7. The second kappa shape index (κ2) is 8.80. The monoisotopic (exact) mass is 389 g/mol. The van der Waals surface area contributed by atoms with Gasteiger partial charge in [-0.2, -0.15) is 0 Å². The molecule has 1 aliphatic carbocycles. The Balaban J connectivity index is 1.33. The third-order valence-electron chi connectivity index (χ3n) is 6.53. The van der Waals surface area contributed by atoms with Crippen molar-refractivity contribution in [3.05, 3.63) is 11.1 Å². The van der Waals surface area contributed by atoms with Gasteiger partial charge < -0.3 is 15.1 Å². The van der Waals surface area contributed by atoms with Crippen LogP contribution in [0.2, 0.25) is 0 Å². The average molecular weight is 390 g/mol. The molecular formula is C21H35N5S. The van der Waals surface area contributed by atoms with E-state index in [0.717, 1.165) is 25.5 Å². The van der Waals surface area contributed by atoms with Gasteiger partial charge in [-0.25, -0.2) is 4.98 Å². The van der Waals surface area contributed by atoms with E-state index < -0.39 is 0 Å². The summed E-state index contributed by atoms with van der Waals surface area (Å²) in [6.07, 6.45) is 12.0. The number of aromatic nitrogens is 1. The standard InChI is InChI=1S/C21H35N5S/c1-2-22-19(26-15-11-21(17-26)9-4-3-5-10-21)23-12-8-18-16-27-20(24-18)25-13-6-7-14-25/h16H,2-15,17H2,1H3,(H,22,23). The van der Waals surface area contributed by atoms with Crippen molar-refractivity contribution >= 4 is 22.4 Å². The van der Waals surface area contributed by atoms with Crippen molar-refractivity contribution in [2.75, 3.05) is 44.2 Å². The molecule has 5 nitrogen and oxygen atoms in total. The fourth-order valence-corrected chi connectivity index (χ4v) is 5.91. The quantitative estimate of drug-likeness (QED) is 0.613. The first kappa shape index (κ1) is 19.0. The van der Waals surface area contributed by atoms with Crippen LogP contribution in [0.15, 0.2) is 10.4 Å². The number of rotatable bonds is 5. The van der Waals surface area contributed by atoms with E-state index in [1.54, 1.807) is 11.3 Å². The van der Waals surface area contributed by atoms with Crippen LogP contribution in [-0.4, -0.2) is 55.1 Å². The van der Waals surface area contributed by atoms with E-state index in [2.05, 4.69) is 27.4 Å². The minimum atomic E-state index is 0.577. The Bertz CT molecular complexity index is 628. The molecule has 6 heteroatoms. The van der Waals surface area contributed by atoms with Crippen molar-refractivity contribution in [3.8, 4) is 0 Å². The second-order valence-electron chi connectivity index (χ2n) is 8.53. The lowest BCUT2D eigenvalue weighted by Gasteiger charge is -2.33. The van der Waals surface area contributed by atoms with E-state index in [-0.39, 0.29) is 0 Å². The van der Waals surface area contributed by atoms with Gasteiger partial charge in [0, 0.05) is 51.1 Å². The maximum Gasteiger partial charge on any atom is 0.193 e. The third kappa shape index (κ3) is 4.58. The molecule has 4 rings (SSSR count). The highest BCUT2D eigenvalue weighted by atomic mass is 32.1. The Morgan fingerprint density at radius 1 is 1.15 bits per heavy atom. The van der Waals surface area contributed by atoms with Crippen molar-refractivity contribution in [1.29, 1.82) is 0 Å².